The maximum Gasteiger partial charge on any atom is 0.255 e. The van der Waals surface area contributed by atoms with Crippen molar-refractivity contribution in [3.63, 3.8) is 0 Å². The number of phenols is 1. The summed E-state index contributed by atoms with van der Waals surface area (Å²) in [6.45, 7) is 4.76. The highest BCUT2D eigenvalue weighted by Gasteiger charge is 2.73. The van der Waals surface area contributed by atoms with Crippen LogP contribution in [0, 0.1) is 5.92 Å². The average Bonchev–Trinajstić information content (AvgIpc) is 3.71. The van der Waals surface area contributed by atoms with E-state index in [9.17, 15) is 20.1 Å². The lowest BCUT2D eigenvalue weighted by Crippen LogP contribution is -2.75. The summed E-state index contributed by atoms with van der Waals surface area (Å²) in [6, 6.07) is 11.0. The molecule has 9 heteroatoms. The first-order valence-corrected chi connectivity index (χ1v) is 14.5. The first-order chi connectivity index (χ1) is 19.4. The number of likely N-dealkylation sites (tertiary alicyclic amines) is 1. The topological polar surface area (TPSA) is 115 Å². The van der Waals surface area contributed by atoms with E-state index in [1.165, 1.54) is 12.8 Å². The van der Waals surface area contributed by atoms with Crippen molar-refractivity contribution in [1.82, 2.24) is 4.90 Å². The fourth-order valence-corrected chi connectivity index (χ4v) is 8.15. The van der Waals surface area contributed by atoms with Crippen LogP contribution in [0.25, 0.3) is 0 Å². The number of aromatic hydroxyl groups is 1. The summed E-state index contributed by atoms with van der Waals surface area (Å²) in [4.78, 5) is 18.4. The molecule has 3 heterocycles. The second-order valence-corrected chi connectivity index (χ2v) is 12.4. The van der Waals surface area contributed by atoms with Crippen LogP contribution in [-0.2, 0) is 21.4 Å². The lowest BCUT2D eigenvalue weighted by molar-refractivity contribution is -0.172. The van der Waals surface area contributed by atoms with Crippen molar-refractivity contribution < 1.29 is 29.6 Å². The number of aliphatic hydroxyl groups excluding tert-OH is 1. The molecule has 3 aliphatic carbocycles. The number of nitrogens with zero attached hydrogens (tertiary/aromatic N) is 2. The monoisotopic (exact) mass is 545 g/mol. The van der Waals surface area contributed by atoms with Gasteiger partial charge in [-0.2, -0.15) is 0 Å². The fraction of sp³-hybridized carbons (Fsp3) is 0.516. The Bertz CT molecular complexity index is 1410. The first kappa shape index (κ1) is 24.5. The Kier molecular flexibility index (Phi) is 5.28. The van der Waals surface area contributed by atoms with Crippen LogP contribution in [0.4, 0.5) is 11.4 Å². The molecule has 2 bridgehead atoms. The zero-order chi connectivity index (χ0) is 27.2. The van der Waals surface area contributed by atoms with E-state index < -0.39 is 23.0 Å². The predicted octanol–water partition coefficient (Wildman–Crippen LogP) is 2.85. The number of aliphatic hydroxyl groups is 2. The van der Waals surface area contributed by atoms with Crippen LogP contribution in [0.1, 0.15) is 36.8 Å². The lowest BCUT2D eigenvalue weighted by atomic mass is 9.49. The highest BCUT2D eigenvalue weighted by Crippen LogP contribution is 2.66. The normalized spacial score (nSPS) is 32.5. The zero-order valence-electron chi connectivity index (χ0n) is 22.4. The molecule has 3 fully saturated rings. The molecule has 2 saturated heterocycles. The summed E-state index contributed by atoms with van der Waals surface area (Å²) < 4.78 is 11.7. The number of carbonyl (C=O) groups excluding carboxylic acids is 1. The molecule has 2 aromatic rings. The summed E-state index contributed by atoms with van der Waals surface area (Å²) in [5, 5.41) is 38.0. The van der Waals surface area contributed by atoms with Crippen molar-refractivity contribution in [2.75, 3.05) is 49.6 Å². The van der Waals surface area contributed by atoms with Gasteiger partial charge in [0.15, 0.2) is 17.6 Å². The Morgan fingerprint density at radius 1 is 1.05 bits per heavy atom. The number of hydrogen-bond donors (Lipinski definition) is 4. The van der Waals surface area contributed by atoms with Crippen molar-refractivity contribution in [2.45, 2.75) is 55.3 Å². The predicted molar refractivity (Wildman–Crippen MR) is 148 cm³/mol. The molecule has 4 atom stereocenters. The molecule has 0 aromatic heterocycles. The van der Waals surface area contributed by atoms with E-state index in [0.29, 0.717) is 43.4 Å². The van der Waals surface area contributed by atoms with Crippen molar-refractivity contribution in [3.8, 4) is 11.5 Å². The van der Waals surface area contributed by atoms with Crippen molar-refractivity contribution in [1.29, 1.82) is 0 Å². The van der Waals surface area contributed by atoms with Gasteiger partial charge in [0.25, 0.3) is 5.91 Å². The highest BCUT2D eigenvalue weighted by molar-refractivity contribution is 6.04. The second-order valence-electron chi connectivity index (χ2n) is 12.4. The van der Waals surface area contributed by atoms with E-state index in [1.807, 2.05) is 30.3 Å². The number of anilines is 2. The molecular weight excluding hydrogens is 510 g/mol. The Labute approximate surface area is 233 Å². The van der Waals surface area contributed by atoms with E-state index in [-0.39, 0.29) is 29.5 Å². The van der Waals surface area contributed by atoms with Gasteiger partial charge >= 0.3 is 0 Å². The number of piperidine rings is 1. The van der Waals surface area contributed by atoms with Gasteiger partial charge in [0, 0.05) is 49.0 Å². The molecule has 3 aliphatic heterocycles. The van der Waals surface area contributed by atoms with Gasteiger partial charge in [-0.25, -0.2) is 0 Å². The standard InChI is InChI=1S/C31H35N3O6/c35-23-8-3-19-15-24-31(38)16-22(29(37)32-20-4-6-21(7-5-20)33-11-13-39-14-12-33)26(36)28-30(31,25(19)27(23)40-28)9-10-34(24)17-18-1-2-18/h3-8,18,24,28,35-36,38H,1-2,9-17H2,(H,32,37)/t24-,28+,30+,31-/m1/s1. The number of hydrogen-bond acceptors (Lipinski definition) is 8. The molecule has 9 nitrogen and oxygen atoms in total. The van der Waals surface area contributed by atoms with Crippen LogP contribution in [0.5, 0.6) is 11.5 Å². The van der Waals surface area contributed by atoms with Crippen LogP contribution in [-0.4, -0.2) is 83.3 Å². The summed E-state index contributed by atoms with van der Waals surface area (Å²) in [6.07, 6.45) is 2.73. The summed E-state index contributed by atoms with van der Waals surface area (Å²) in [5.74, 6) is 0.400. The molecule has 0 radical (unpaired) electrons. The third-order valence-electron chi connectivity index (χ3n) is 10.3. The van der Waals surface area contributed by atoms with Crippen molar-refractivity contribution in [2.24, 2.45) is 5.92 Å². The molecule has 2 aromatic carbocycles. The van der Waals surface area contributed by atoms with Crippen LogP contribution in [0.15, 0.2) is 47.7 Å². The van der Waals surface area contributed by atoms with Gasteiger partial charge in [-0.1, -0.05) is 6.07 Å². The van der Waals surface area contributed by atoms with Gasteiger partial charge in [0.05, 0.1) is 29.8 Å². The highest BCUT2D eigenvalue weighted by atomic mass is 16.5. The molecule has 0 unspecified atom stereocenters. The average molecular weight is 546 g/mol. The van der Waals surface area contributed by atoms with Crippen LogP contribution < -0.4 is 15.0 Å². The second kappa shape index (κ2) is 8.61. The minimum Gasteiger partial charge on any atom is -0.508 e. The molecular formula is C31H35N3O6. The zero-order valence-corrected chi connectivity index (χ0v) is 22.4. The van der Waals surface area contributed by atoms with Gasteiger partial charge in [0.1, 0.15) is 5.76 Å². The fourth-order valence-electron chi connectivity index (χ4n) is 8.15. The minimum absolute atomic E-state index is 0.00268. The van der Waals surface area contributed by atoms with Gasteiger partial charge in [-0.3, -0.25) is 9.69 Å². The van der Waals surface area contributed by atoms with E-state index in [4.69, 9.17) is 9.47 Å². The number of carbonyl (C=O) groups is 1. The van der Waals surface area contributed by atoms with E-state index >= 15 is 0 Å². The Morgan fingerprint density at radius 3 is 2.58 bits per heavy atom. The largest absolute Gasteiger partial charge is 0.508 e. The van der Waals surface area contributed by atoms with Crippen LogP contribution in [0.3, 0.4) is 0 Å². The molecule has 1 saturated carbocycles. The van der Waals surface area contributed by atoms with Gasteiger partial charge < -0.3 is 35.0 Å². The number of amides is 1. The van der Waals surface area contributed by atoms with Crippen LogP contribution in [0.2, 0.25) is 0 Å². The molecule has 1 amide bonds. The summed E-state index contributed by atoms with van der Waals surface area (Å²) in [5.41, 5.74) is 1.45. The SMILES string of the molecule is O=C(Nc1ccc(N2CCOCC2)cc1)C1=C(O)[C@@H]2Oc3c(O)ccc4c3[C@@]23CCN(CC2CC2)[C@H](C4)[C@]3(O)C1. The molecule has 1 spiro atoms. The minimum atomic E-state index is -1.32. The Hall–Kier alpha value is -3.27. The Balaban J connectivity index is 1.15. The maximum absolute atomic E-state index is 13.7. The molecule has 6 aliphatic rings. The van der Waals surface area contributed by atoms with E-state index in [1.54, 1.807) is 6.07 Å². The molecule has 4 N–H and O–H groups in total. The third-order valence-corrected chi connectivity index (χ3v) is 10.3. The number of nitrogens with one attached hydrogen (secondary N) is 1. The van der Waals surface area contributed by atoms with Crippen molar-refractivity contribution >= 4 is 17.3 Å². The summed E-state index contributed by atoms with van der Waals surface area (Å²) in [7, 11) is 0. The molecule has 40 heavy (non-hydrogen) atoms. The quantitative estimate of drug-likeness (QED) is 0.454. The van der Waals surface area contributed by atoms with Crippen molar-refractivity contribution in [3.05, 3.63) is 58.9 Å². The molecule has 8 rings (SSSR count). The van der Waals surface area contributed by atoms with E-state index in [0.717, 1.165) is 43.0 Å². The summed E-state index contributed by atoms with van der Waals surface area (Å²) >= 11 is 0. The smallest absolute Gasteiger partial charge is 0.255 e. The van der Waals surface area contributed by atoms with Crippen LogP contribution >= 0.6 is 0 Å². The first-order valence-electron chi connectivity index (χ1n) is 14.5. The third kappa shape index (κ3) is 3.34. The number of benzene rings is 2. The number of rotatable bonds is 5. The van der Waals surface area contributed by atoms with E-state index in [2.05, 4.69) is 15.1 Å². The van der Waals surface area contributed by atoms with Gasteiger partial charge in [0.2, 0.25) is 0 Å². The molecule has 210 valence electrons. The lowest BCUT2D eigenvalue weighted by Gasteiger charge is -2.62. The number of ether oxygens (including phenoxy) is 2. The maximum atomic E-state index is 13.7. The Morgan fingerprint density at radius 2 is 1.82 bits per heavy atom. The number of phenolic OH excluding ortho intramolecular Hbond substituents is 1. The van der Waals surface area contributed by atoms with Gasteiger partial charge in [-0.15, -0.1) is 0 Å². The van der Waals surface area contributed by atoms with Gasteiger partial charge in [-0.05, 0) is 74.0 Å². The number of morpholine rings is 1.